The Morgan fingerprint density at radius 2 is 2.00 bits per heavy atom. The highest BCUT2D eigenvalue weighted by molar-refractivity contribution is 6.59. The molecule has 0 saturated heterocycles. The van der Waals surface area contributed by atoms with Gasteiger partial charge in [0.1, 0.15) is 0 Å². The van der Waals surface area contributed by atoms with Crippen LogP contribution in [0.4, 0.5) is 5.69 Å². The zero-order valence-corrected chi connectivity index (χ0v) is 7.10. The van der Waals surface area contributed by atoms with Crippen LogP contribution in [0.3, 0.4) is 0 Å². The van der Waals surface area contributed by atoms with Crippen molar-refractivity contribution in [2.24, 2.45) is 0 Å². The Bertz CT molecular complexity index is 343. The molecule has 0 atom stereocenters. The lowest BCUT2D eigenvalue weighted by molar-refractivity contribution is -0.384. The van der Waals surface area contributed by atoms with E-state index in [2.05, 4.69) is 0 Å². The second-order valence-corrected chi connectivity index (χ2v) is 2.81. The fourth-order valence-electron chi connectivity index (χ4n) is 0.851. The Labute approximate surface area is 78.9 Å². The average Bonchev–Trinajstić information content (AvgIpc) is 2.03. The molecule has 0 fully saturated rings. The maximum absolute atomic E-state index is 10.3. The summed E-state index contributed by atoms with van der Waals surface area (Å²) in [7, 11) is -1.75. The van der Waals surface area contributed by atoms with Crippen molar-refractivity contribution < 1.29 is 15.0 Å². The molecule has 0 aliphatic heterocycles. The molecule has 2 N–H and O–H groups in total. The number of hydrogen-bond donors (Lipinski definition) is 2. The lowest BCUT2D eigenvalue weighted by Gasteiger charge is -1.99. The van der Waals surface area contributed by atoms with Gasteiger partial charge in [0.2, 0.25) is 0 Å². The second-order valence-electron chi connectivity index (χ2n) is 2.37. The second kappa shape index (κ2) is 3.74. The number of benzene rings is 1. The van der Waals surface area contributed by atoms with Crippen LogP contribution in [0.5, 0.6) is 0 Å². The van der Waals surface area contributed by atoms with E-state index in [0.717, 1.165) is 12.1 Å². The highest BCUT2D eigenvalue weighted by Gasteiger charge is 2.16. The molecule has 68 valence electrons. The van der Waals surface area contributed by atoms with Gasteiger partial charge in [0.15, 0.2) is 0 Å². The SMILES string of the molecule is O=[N+]([O-])c1cc(Cl)cc(B(O)O)c1. The quantitative estimate of drug-likeness (QED) is 0.398. The van der Waals surface area contributed by atoms with Crippen LogP contribution in [0.1, 0.15) is 0 Å². The summed E-state index contributed by atoms with van der Waals surface area (Å²) in [6.45, 7) is 0. The molecule has 0 aliphatic carbocycles. The molecule has 13 heavy (non-hydrogen) atoms. The van der Waals surface area contributed by atoms with Crippen molar-refractivity contribution in [3.63, 3.8) is 0 Å². The Morgan fingerprint density at radius 1 is 1.38 bits per heavy atom. The van der Waals surface area contributed by atoms with Crippen LogP contribution >= 0.6 is 11.6 Å². The predicted molar refractivity (Wildman–Crippen MR) is 47.9 cm³/mol. The van der Waals surface area contributed by atoms with Crippen LogP contribution < -0.4 is 5.46 Å². The molecule has 0 radical (unpaired) electrons. The largest absolute Gasteiger partial charge is 0.488 e. The van der Waals surface area contributed by atoms with Crippen molar-refractivity contribution in [1.82, 2.24) is 0 Å². The van der Waals surface area contributed by atoms with Crippen molar-refractivity contribution in [2.75, 3.05) is 0 Å². The van der Waals surface area contributed by atoms with Gasteiger partial charge in [0, 0.05) is 17.2 Å². The van der Waals surface area contributed by atoms with Gasteiger partial charge in [-0.2, -0.15) is 0 Å². The third-order valence-corrected chi connectivity index (χ3v) is 1.63. The summed E-state index contributed by atoms with van der Waals surface area (Å²) in [5.41, 5.74) is -0.269. The van der Waals surface area contributed by atoms with E-state index in [4.69, 9.17) is 21.6 Å². The summed E-state index contributed by atoms with van der Waals surface area (Å²) >= 11 is 5.51. The smallest absolute Gasteiger partial charge is 0.423 e. The van der Waals surface area contributed by atoms with Crippen molar-refractivity contribution in [3.8, 4) is 0 Å². The Kier molecular flexibility index (Phi) is 2.87. The standard InChI is InChI=1S/C6H5BClNO4/c8-5-1-4(7(10)11)2-6(3-5)9(12)13/h1-3,10-11H. The van der Waals surface area contributed by atoms with Gasteiger partial charge in [-0.25, -0.2) is 0 Å². The minimum atomic E-state index is -1.75. The molecule has 1 aromatic carbocycles. The minimum Gasteiger partial charge on any atom is -0.423 e. The molecule has 0 saturated carbocycles. The van der Waals surface area contributed by atoms with E-state index < -0.39 is 12.0 Å². The van der Waals surface area contributed by atoms with E-state index in [1.165, 1.54) is 6.07 Å². The Hall–Kier alpha value is -1.11. The molecule has 0 aliphatic rings. The minimum absolute atomic E-state index is 0.000741. The number of hydrogen-bond acceptors (Lipinski definition) is 4. The summed E-state index contributed by atoms with van der Waals surface area (Å²) in [6, 6.07) is 3.43. The van der Waals surface area contributed by atoms with E-state index in [-0.39, 0.29) is 16.2 Å². The van der Waals surface area contributed by atoms with Gasteiger partial charge in [0.25, 0.3) is 5.69 Å². The highest BCUT2D eigenvalue weighted by atomic mass is 35.5. The van der Waals surface area contributed by atoms with Crippen molar-refractivity contribution >= 4 is 29.9 Å². The number of non-ortho nitro benzene ring substituents is 1. The Balaban J connectivity index is 3.19. The fraction of sp³-hybridized carbons (Fsp3) is 0. The summed E-state index contributed by atoms with van der Waals surface area (Å²) in [6.07, 6.45) is 0. The molecule has 0 heterocycles. The van der Waals surface area contributed by atoms with Crippen molar-refractivity contribution in [2.45, 2.75) is 0 Å². The molecule has 1 aromatic rings. The van der Waals surface area contributed by atoms with Crippen LogP contribution in [0.25, 0.3) is 0 Å². The Morgan fingerprint density at radius 3 is 2.46 bits per heavy atom. The highest BCUT2D eigenvalue weighted by Crippen LogP contribution is 2.15. The van der Waals surface area contributed by atoms with Crippen LogP contribution in [-0.2, 0) is 0 Å². The first-order valence-electron chi connectivity index (χ1n) is 3.31. The molecule has 0 aromatic heterocycles. The van der Waals surface area contributed by atoms with E-state index in [0.29, 0.717) is 0 Å². The van der Waals surface area contributed by atoms with Gasteiger partial charge >= 0.3 is 7.12 Å². The molecule has 5 nitrogen and oxygen atoms in total. The first-order chi connectivity index (χ1) is 6.00. The van der Waals surface area contributed by atoms with Crippen LogP contribution in [0.15, 0.2) is 18.2 Å². The topological polar surface area (TPSA) is 83.6 Å². The summed E-state index contributed by atoms with van der Waals surface area (Å²) < 4.78 is 0. The third kappa shape index (κ3) is 2.41. The van der Waals surface area contributed by atoms with Crippen LogP contribution in [0.2, 0.25) is 5.02 Å². The maximum atomic E-state index is 10.3. The lowest BCUT2D eigenvalue weighted by atomic mass is 9.80. The van der Waals surface area contributed by atoms with Crippen LogP contribution in [0, 0.1) is 10.1 Å². The zero-order valence-electron chi connectivity index (χ0n) is 6.35. The van der Waals surface area contributed by atoms with E-state index in [1.807, 2.05) is 0 Å². The van der Waals surface area contributed by atoms with Crippen molar-refractivity contribution in [3.05, 3.63) is 33.3 Å². The molecular weight excluding hydrogens is 196 g/mol. The summed E-state index contributed by atoms with van der Waals surface area (Å²) in [5.74, 6) is 0. The lowest BCUT2D eigenvalue weighted by Crippen LogP contribution is -2.29. The third-order valence-electron chi connectivity index (χ3n) is 1.41. The summed E-state index contributed by atoms with van der Waals surface area (Å²) in [4.78, 5) is 9.66. The molecule has 1 rings (SSSR count). The van der Waals surface area contributed by atoms with Gasteiger partial charge in [-0.1, -0.05) is 11.6 Å². The molecule has 7 heteroatoms. The fourth-order valence-corrected chi connectivity index (χ4v) is 1.09. The molecule has 0 bridgehead atoms. The average molecular weight is 201 g/mol. The van der Waals surface area contributed by atoms with Gasteiger partial charge < -0.3 is 10.0 Å². The first kappa shape index (κ1) is 9.98. The van der Waals surface area contributed by atoms with Gasteiger partial charge in [-0.15, -0.1) is 0 Å². The van der Waals surface area contributed by atoms with E-state index in [1.54, 1.807) is 0 Å². The predicted octanol–water partition coefficient (Wildman–Crippen LogP) is -0.0720. The number of nitro benzene ring substituents is 1. The first-order valence-corrected chi connectivity index (χ1v) is 3.69. The monoisotopic (exact) mass is 201 g/mol. The summed E-state index contributed by atoms with van der Waals surface area (Å²) in [5, 5.41) is 27.9. The van der Waals surface area contributed by atoms with E-state index in [9.17, 15) is 10.1 Å². The van der Waals surface area contributed by atoms with Gasteiger partial charge in [-0.3, -0.25) is 10.1 Å². The number of rotatable bonds is 2. The number of nitrogens with zero attached hydrogens (tertiary/aromatic N) is 1. The zero-order chi connectivity index (χ0) is 10.0. The maximum Gasteiger partial charge on any atom is 0.488 e. The molecule has 0 spiro atoms. The number of nitro groups is 1. The number of halogens is 1. The van der Waals surface area contributed by atoms with Crippen molar-refractivity contribution in [1.29, 1.82) is 0 Å². The van der Waals surface area contributed by atoms with Crippen LogP contribution in [-0.4, -0.2) is 22.1 Å². The van der Waals surface area contributed by atoms with Gasteiger partial charge in [-0.05, 0) is 11.5 Å². The van der Waals surface area contributed by atoms with Gasteiger partial charge in [0.05, 0.1) is 4.92 Å². The molecule has 0 amide bonds. The molecule has 0 unspecified atom stereocenters. The van der Waals surface area contributed by atoms with E-state index >= 15 is 0 Å². The normalized spacial score (nSPS) is 9.77. The molecular formula is C6H5BClNO4.